The lowest BCUT2D eigenvalue weighted by molar-refractivity contribution is -0.305. The first-order valence-corrected chi connectivity index (χ1v) is 19.9. The largest absolute Gasteiger partial charge is 0.457 e. The van der Waals surface area contributed by atoms with Gasteiger partial charge in [0.25, 0.3) is 0 Å². The maximum absolute atomic E-state index is 12.7. The smallest absolute Gasteiger partial charge is 0.306 e. The van der Waals surface area contributed by atoms with Crippen LogP contribution in [0.25, 0.3) is 0 Å². The highest BCUT2D eigenvalue weighted by Crippen LogP contribution is 2.22. The maximum Gasteiger partial charge on any atom is 0.306 e. The molecule has 0 spiro atoms. The zero-order valence-corrected chi connectivity index (χ0v) is 31.8. The molecule has 0 bridgehead atoms. The molecule has 9 nitrogen and oxygen atoms in total. The molecule has 4 N–H and O–H groups in total. The van der Waals surface area contributed by atoms with Crippen LogP contribution in [0.4, 0.5) is 0 Å². The Morgan fingerprint density at radius 2 is 1.20 bits per heavy atom. The van der Waals surface area contributed by atoms with Gasteiger partial charge in [0.05, 0.1) is 19.8 Å². The van der Waals surface area contributed by atoms with Crippen LogP contribution in [0.3, 0.4) is 0 Å². The Balaban J connectivity index is 2.36. The number of carbonyl (C=O) groups excluding carboxylic acids is 1. The van der Waals surface area contributed by atoms with Crippen LogP contribution in [0.1, 0.15) is 136 Å². The molecule has 1 fully saturated rings. The highest BCUT2D eigenvalue weighted by Gasteiger charge is 2.44. The molecule has 6 unspecified atom stereocenters. The van der Waals surface area contributed by atoms with E-state index in [0.717, 1.165) is 103 Å². The van der Waals surface area contributed by atoms with Crippen molar-refractivity contribution < 1.29 is 44.2 Å². The number of hydrogen-bond acceptors (Lipinski definition) is 9. The Morgan fingerprint density at radius 3 is 1.80 bits per heavy atom. The maximum atomic E-state index is 12.7. The van der Waals surface area contributed by atoms with E-state index < -0.39 is 43.4 Å². The number of allylic oxidation sites excluding steroid dienone is 10. The van der Waals surface area contributed by atoms with Gasteiger partial charge in [0.2, 0.25) is 0 Å². The van der Waals surface area contributed by atoms with Gasteiger partial charge in [-0.3, -0.25) is 4.79 Å². The van der Waals surface area contributed by atoms with Crippen molar-refractivity contribution in [2.24, 2.45) is 0 Å². The summed E-state index contributed by atoms with van der Waals surface area (Å²) in [7, 11) is 0. The topological polar surface area (TPSA) is 135 Å². The molecule has 9 heteroatoms. The number of carbonyl (C=O) groups is 1. The first kappa shape index (κ1) is 46.9. The van der Waals surface area contributed by atoms with Crippen molar-refractivity contribution >= 4 is 5.97 Å². The molecule has 1 heterocycles. The predicted octanol–water partition coefficient (Wildman–Crippen LogP) is 7.96. The Kier molecular flexibility index (Phi) is 31.0. The minimum absolute atomic E-state index is 0.121. The Morgan fingerprint density at radius 1 is 0.647 bits per heavy atom. The minimum Gasteiger partial charge on any atom is -0.457 e. The van der Waals surface area contributed by atoms with E-state index in [1.54, 1.807) is 0 Å². The third kappa shape index (κ3) is 25.5. The molecule has 0 aromatic rings. The number of aliphatic hydroxyl groups excluding tert-OH is 4. The lowest BCUT2D eigenvalue weighted by Crippen LogP contribution is -2.59. The van der Waals surface area contributed by atoms with Gasteiger partial charge in [0.1, 0.15) is 30.5 Å². The SMILES string of the molecule is CC/C=C\C/C=C\C/C=C\CCCCCCOCC(COC1OC(CO)C(O)C(O)C1O)OC(=O)CCCCCCC/C=C\C/C=C\CCCC. The van der Waals surface area contributed by atoms with Gasteiger partial charge in [-0.2, -0.15) is 0 Å². The predicted molar refractivity (Wildman–Crippen MR) is 205 cm³/mol. The highest BCUT2D eigenvalue weighted by atomic mass is 16.7. The van der Waals surface area contributed by atoms with Crippen LogP contribution < -0.4 is 0 Å². The van der Waals surface area contributed by atoms with Crippen molar-refractivity contribution in [3.05, 3.63) is 60.8 Å². The van der Waals surface area contributed by atoms with Gasteiger partial charge >= 0.3 is 5.97 Å². The number of unbranched alkanes of at least 4 members (excludes halogenated alkanes) is 11. The fourth-order valence-electron chi connectivity index (χ4n) is 5.52. The van der Waals surface area contributed by atoms with Crippen molar-refractivity contribution in [1.82, 2.24) is 0 Å². The van der Waals surface area contributed by atoms with Crippen LogP contribution in [0.2, 0.25) is 0 Å². The molecule has 1 aliphatic rings. The normalized spacial score (nSPS) is 22.0. The van der Waals surface area contributed by atoms with E-state index >= 15 is 0 Å². The summed E-state index contributed by atoms with van der Waals surface area (Å²) in [6.07, 6.45) is 33.8. The molecule has 1 saturated heterocycles. The average molecular weight is 721 g/mol. The quantitative estimate of drug-likeness (QED) is 0.0310. The number of hydrogen-bond donors (Lipinski definition) is 4. The van der Waals surface area contributed by atoms with Gasteiger partial charge < -0.3 is 39.4 Å². The molecule has 1 aliphatic heterocycles. The van der Waals surface area contributed by atoms with Gasteiger partial charge in [-0.15, -0.1) is 0 Å². The summed E-state index contributed by atoms with van der Waals surface area (Å²) in [4.78, 5) is 12.7. The molecule has 0 aliphatic carbocycles. The molecule has 0 aromatic carbocycles. The summed E-state index contributed by atoms with van der Waals surface area (Å²) < 4.78 is 22.7. The van der Waals surface area contributed by atoms with Gasteiger partial charge in [-0.25, -0.2) is 0 Å². The zero-order valence-electron chi connectivity index (χ0n) is 31.8. The fraction of sp³-hybridized carbons (Fsp3) is 0.738. The number of aliphatic hydroxyl groups is 4. The van der Waals surface area contributed by atoms with Crippen molar-refractivity contribution in [3.8, 4) is 0 Å². The summed E-state index contributed by atoms with van der Waals surface area (Å²) in [6.45, 7) is 4.31. The third-order valence-electron chi connectivity index (χ3n) is 8.67. The van der Waals surface area contributed by atoms with Crippen LogP contribution in [0.5, 0.6) is 0 Å². The second-order valence-corrected chi connectivity index (χ2v) is 13.3. The minimum atomic E-state index is -1.54. The number of esters is 1. The Labute approximate surface area is 309 Å². The molecular formula is C42H72O9. The molecule has 6 atom stereocenters. The van der Waals surface area contributed by atoms with Gasteiger partial charge in [0, 0.05) is 13.0 Å². The van der Waals surface area contributed by atoms with Crippen LogP contribution >= 0.6 is 0 Å². The van der Waals surface area contributed by atoms with Crippen LogP contribution in [-0.2, 0) is 23.7 Å². The summed E-state index contributed by atoms with van der Waals surface area (Å²) in [6, 6.07) is 0. The number of ether oxygens (including phenoxy) is 4. The van der Waals surface area contributed by atoms with E-state index in [1.165, 1.54) is 12.8 Å². The van der Waals surface area contributed by atoms with Crippen molar-refractivity contribution in [2.75, 3.05) is 26.4 Å². The lowest BCUT2D eigenvalue weighted by Gasteiger charge is -2.39. The van der Waals surface area contributed by atoms with E-state index in [2.05, 4.69) is 74.6 Å². The zero-order chi connectivity index (χ0) is 37.2. The average Bonchev–Trinajstić information content (AvgIpc) is 3.13. The van der Waals surface area contributed by atoms with Crippen molar-refractivity contribution in [2.45, 2.75) is 173 Å². The molecule has 0 amide bonds. The van der Waals surface area contributed by atoms with Crippen LogP contribution in [-0.4, -0.2) is 89.6 Å². The molecule has 294 valence electrons. The van der Waals surface area contributed by atoms with Crippen LogP contribution in [0, 0.1) is 0 Å². The summed E-state index contributed by atoms with van der Waals surface area (Å²) >= 11 is 0. The summed E-state index contributed by atoms with van der Waals surface area (Å²) in [5.74, 6) is -0.340. The van der Waals surface area contributed by atoms with Gasteiger partial charge in [-0.1, -0.05) is 120 Å². The summed E-state index contributed by atoms with van der Waals surface area (Å²) in [5, 5.41) is 40.0. The lowest BCUT2D eigenvalue weighted by atomic mass is 9.99. The van der Waals surface area contributed by atoms with Gasteiger partial charge in [-0.05, 0) is 70.6 Å². The number of rotatable bonds is 32. The molecule has 1 rings (SSSR count). The standard InChI is InChI=1S/C42H72O9/c1-3-5-7-9-11-13-15-17-19-21-23-25-27-29-31-38(44)50-36(35-49-42-41(47)40(46)39(45)37(33-43)51-42)34-48-32-30-28-26-24-22-20-18-16-14-12-10-8-6-4-2/h6,8-9,11-12,14-15,17-18,20,36-37,39-43,45-47H,3-5,7,10,13,16,19,21-35H2,1-2H3/b8-6-,11-9-,14-12-,17-15-,20-18-. The summed E-state index contributed by atoms with van der Waals surface area (Å²) in [5.41, 5.74) is 0. The highest BCUT2D eigenvalue weighted by molar-refractivity contribution is 5.69. The molecule has 0 saturated carbocycles. The third-order valence-corrected chi connectivity index (χ3v) is 8.67. The molecule has 0 aromatic heterocycles. The Hall–Kier alpha value is -2.11. The first-order chi connectivity index (χ1) is 24.9. The first-order valence-electron chi connectivity index (χ1n) is 19.9. The van der Waals surface area contributed by atoms with Crippen molar-refractivity contribution in [3.63, 3.8) is 0 Å². The second-order valence-electron chi connectivity index (χ2n) is 13.3. The molecular weight excluding hydrogens is 648 g/mol. The van der Waals surface area contributed by atoms with E-state index in [9.17, 15) is 25.2 Å². The second kappa shape index (κ2) is 33.7. The monoisotopic (exact) mass is 721 g/mol. The van der Waals surface area contributed by atoms with E-state index in [0.29, 0.717) is 13.0 Å². The molecule has 51 heavy (non-hydrogen) atoms. The fourth-order valence-corrected chi connectivity index (χ4v) is 5.52. The van der Waals surface area contributed by atoms with E-state index in [1.807, 2.05) is 0 Å². The Bertz CT molecular complexity index is 958. The van der Waals surface area contributed by atoms with Crippen molar-refractivity contribution in [1.29, 1.82) is 0 Å². The van der Waals surface area contributed by atoms with Crippen LogP contribution in [0.15, 0.2) is 60.8 Å². The molecule has 0 radical (unpaired) electrons. The van der Waals surface area contributed by atoms with E-state index in [4.69, 9.17) is 18.9 Å². The van der Waals surface area contributed by atoms with E-state index in [-0.39, 0.29) is 19.2 Å². The van der Waals surface area contributed by atoms with Gasteiger partial charge in [0.15, 0.2) is 6.29 Å².